The average Bonchev–Trinajstić information content (AvgIpc) is 3.72. The number of anilines is 4. The van der Waals surface area contributed by atoms with Crippen molar-refractivity contribution in [3.8, 4) is 20.9 Å². The summed E-state index contributed by atoms with van der Waals surface area (Å²) in [7, 11) is -7.43. The van der Waals surface area contributed by atoms with Crippen molar-refractivity contribution in [1.82, 2.24) is 0 Å². The highest BCUT2D eigenvalue weighted by molar-refractivity contribution is 9.11. The SMILES string of the molecule is Cc1ccc(S(=O)(=O)N2Cc3cccc(N)c3-c3sc(Br)cc32)cc1.Cc1ccc(S(=O)(=O)N2Cc3cccc(NC(=O)OC(C)(C)C)c3-c3sc(Br)cc32)cc1. The molecule has 6 aromatic rings. The number of nitrogens with two attached hydrogens (primary N) is 1. The molecule has 0 radical (unpaired) electrons. The summed E-state index contributed by atoms with van der Waals surface area (Å²) in [5, 5.41) is 2.83. The van der Waals surface area contributed by atoms with E-state index in [4.69, 9.17) is 10.5 Å². The number of nitrogens with zero attached hydrogens (tertiary/aromatic N) is 2. The van der Waals surface area contributed by atoms with Crippen LogP contribution in [-0.2, 0) is 37.9 Å². The van der Waals surface area contributed by atoms with Crippen LogP contribution in [0.1, 0.15) is 43.0 Å². The summed E-state index contributed by atoms with van der Waals surface area (Å²) in [5.74, 6) is 0. The Morgan fingerprint density at radius 1 is 0.702 bits per heavy atom. The molecule has 0 aliphatic carbocycles. The molecule has 0 bridgehead atoms. The van der Waals surface area contributed by atoms with Crippen LogP contribution in [0.15, 0.2) is 114 Å². The zero-order valence-corrected chi connectivity index (χ0v) is 37.9. The molecule has 296 valence electrons. The fourth-order valence-corrected chi connectivity index (χ4v) is 12.9. The van der Waals surface area contributed by atoms with E-state index in [2.05, 4.69) is 37.2 Å². The minimum absolute atomic E-state index is 0.158. The van der Waals surface area contributed by atoms with E-state index in [0.29, 0.717) is 27.6 Å². The number of hydrogen-bond acceptors (Lipinski definition) is 9. The highest BCUT2D eigenvalue weighted by Crippen LogP contribution is 2.52. The molecule has 0 saturated carbocycles. The van der Waals surface area contributed by atoms with E-state index < -0.39 is 31.7 Å². The van der Waals surface area contributed by atoms with Crippen molar-refractivity contribution in [3.05, 3.63) is 127 Å². The third-order valence-corrected chi connectivity index (χ3v) is 16.0. The van der Waals surface area contributed by atoms with E-state index in [1.807, 2.05) is 56.3 Å². The smallest absolute Gasteiger partial charge is 0.412 e. The number of carbonyl (C=O) groups is 1. The van der Waals surface area contributed by atoms with Crippen LogP contribution in [0.3, 0.4) is 0 Å². The second kappa shape index (κ2) is 15.5. The Balaban J connectivity index is 0.000000179. The van der Waals surface area contributed by atoms with Crippen LogP contribution in [-0.4, -0.2) is 28.5 Å². The monoisotopic (exact) mass is 968 g/mol. The summed E-state index contributed by atoms with van der Waals surface area (Å²) in [6.45, 7) is 9.68. The fraction of sp³-hybridized carbons (Fsp3) is 0.195. The maximum Gasteiger partial charge on any atom is 0.412 e. The number of halogens is 2. The lowest BCUT2D eigenvalue weighted by Crippen LogP contribution is -2.33. The molecule has 3 N–H and O–H groups in total. The number of benzene rings is 4. The molecule has 0 spiro atoms. The molecule has 2 aliphatic heterocycles. The van der Waals surface area contributed by atoms with Crippen LogP contribution in [0.25, 0.3) is 20.9 Å². The van der Waals surface area contributed by atoms with Crippen LogP contribution >= 0.6 is 54.5 Å². The number of amides is 1. The highest BCUT2D eigenvalue weighted by Gasteiger charge is 2.36. The molecule has 4 heterocycles. The summed E-state index contributed by atoms with van der Waals surface area (Å²) in [5.41, 5.74) is 13.5. The van der Waals surface area contributed by atoms with E-state index in [1.165, 1.54) is 31.3 Å². The fourth-order valence-electron chi connectivity index (χ4n) is 6.56. The molecule has 16 heteroatoms. The molecule has 0 unspecified atom stereocenters. The maximum absolute atomic E-state index is 13.5. The zero-order chi connectivity index (χ0) is 41.0. The van der Waals surface area contributed by atoms with Gasteiger partial charge in [0.25, 0.3) is 20.0 Å². The van der Waals surface area contributed by atoms with Gasteiger partial charge in [-0.3, -0.25) is 13.9 Å². The van der Waals surface area contributed by atoms with Gasteiger partial charge in [-0.1, -0.05) is 59.7 Å². The van der Waals surface area contributed by atoms with Gasteiger partial charge in [-0.15, -0.1) is 22.7 Å². The summed E-state index contributed by atoms with van der Waals surface area (Å²) in [6, 6.07) is 28.5. The predicted octanol–water partition coefficient (Wildman–Crippen LogP) is 11.3. The summed E-state index contributed by atoms with van der Waals surface area (Å²) < 4.78 is 63.5. The van der Waals surface area contributed by atoms with Crippen LogP contribution in [0.2, 0.25) is 0 Å². The van der Waals surface area contributed by atoms with Crippen LogP contribution < -0.4 is 19.7 Å². The van der Waals surface area contributed by atoms with Crippen molar-refractivity contribution >= 4 is 103 Å². The summed E-state index contributed by atoms with van der Waals surface area (Å²) in [4.78, 5) is 14.6. The van der Waals surface area contributed by atoms with Crippen molar-refractivity contribution in [2.75, 3.05) is 19.7 Å². The number of hydrogen-bond donors (Lipinski definition) is 2. The lowest BCUT2D eigenvalue weighted by molar-refractivity contribution is 0.0636. The third kappa shape index (κ3) is 8.25. The predicted molar refractivity (Wildman–Crippen MR) is 238 cm³/mol. The molecule has 2 aliphatic rings. The number of sulfonamides is 2. The number of aryl methyl sites for hydroxylation is 2. The second-order valence-corrected chi connectivity index (χ2v) is 23.1. The number of fused-ring (bicyclic) bond motifs is 6. The Morgan fingerprint density at radius 3 is 1.61 bits per heavy atom. The number of thiophene rings is 2. The van der Waals surface area contributed by atoms with Crippen molar-refractivity contribution in [1.29, 1.82) is 0 Å². The van der Waals surface area contributed by atoms with Gasteiger partial charge < -0.3 is 10.5 Å². The normalized spacial score (nSPS) is 13.4. The Morgan fingerprint density at radius 2 is 1.14 bits per heavy atom. The van der Waals surface area contributed by atoms with Gasteiger partial charge >= 0.3 is 6.09 Å². The average molecular weight is 971 g/mol. The third-order valence-electron chi connectivity index (χ3n) is 9.17. The topological polar surface area (TPSA) is 139 Å². The van der Waals surface area contributed by atoms with Crippen LogP contribution in [0.5, 0.6) is 0 Å². The quantitative estimate of drug-likeness (QED) is 0.164. The first-order valence-electron chi connectivity index (χ1n) is 17.6. The zero-order valence-electron chi connectivity index (χ0n) is 31.5. The van der Waals surface area contributed by atoms with Crippen LogP contribution in [0.4, 0.5) is 27.5 Å². The standard InChI is InChI=1S/C23H23BrN2O4S2.C18H15BrN2O2S2/c1-14-8-10-16(11-9-14)32(28,29)26-13-15-6-5-7-17(25-22(27)30-23(2,3)4)20(15)21-18(26)12-19(24)31-21;1-11-5-7-13(8-6-11)25(22,23)21-10-12-3-2-4-14(20)17(12)18-15(21)9-16(19)24-18/h5-12H,13H2,1-4H3,(H,25,27);2-9H,10,20H2,1H3. The van der Waals surface area contributed by atoms with Gasteiger partial charge in [0.1, 0.15) is 5.60 Å². The summed E-state index contributed by atoms with van der Waals surface area (Å²) in [6.07, 6.45) is -0.558. The molecule has 2 aromatic heterocycles. The Kier molecular flexibility index (Phi) is 11.2. The lowest BCUT2D eigenvalue weighted by atomic mass is 9.99. The van der Waals surface area contributed by atoms with E-state index in [1.54, 1.807) is 75.4 Å². The van der Waals surface area contributed by atoms with E-state index >= 15 is 0 Å². The lowest BCUT2D eigenvalue weighted by Gasteiger charge is -2.31. The van der Waals surface area contributed by atoms with E-state index in [-0.39, 0.29) is 18.0 Å². The molecule has 8 rings (SSSR count). The maximum atomic E-state index is 13.5. The number of nitrogens with one attached hydrogen (secondary N) is 1. The first kappa shape index (κ1) is 41.0. The second-order valence-electron chi connectivity index (χ2n) is 14.5. The van der Waals surface area contributed by atoms with Gasteiger partial charge in [-0.2, -0.15) is 0 Å². The van der Waals surface area contributed by atoms with E-state index in [9.17, 15) is 21.6 Å². The number of carbonyl (C=O) groups excluding carboxylic acids is 1. The molecule has 10 nitrogen and oxygen atoms in total. The van der Waals surface area contributed by atoms with Crippen LogP contribution in [0, 0.1) is 13.8 Å². The highest BCUT2D eigenvalue weighted by atomic mass is 79.9. The molecule has 0 saturated heterocycles. The Labute approximate surface area is 357 Å². The van der Waals surface area contributed by atoms with E-state index in [0.717, 1.165) is 50.7 Å². The summed E-state index contributed by atoms with van der Waals surface area (Å²) >= 11 is 9.91. The number of ether oxygens (including phenoxy) is 1. The molecular weight excluding hydrogens is 933 g/mol. The van der Waals surface area contributed by atoms with Crippen molar-refractivity contribution in [2.45, 2.75) is 63.1 Å². The van der Waals surface area contributed by atoms with Crippen molar-refractivity contribution in [3.63, 3.8) is 0 Å². The van der Waals surface area contributed by atoms with Gasteiger partial charge in [0.15, 0.2) is 0 Å². The van der Waals surface area contributed by atoms with Gasteiger partial charge in [0.05, 0.1) is 57.3 Å². The first-order valence-corrected chi connectivity index (χ1v) is 23.7. The molecule has 57 heavy (non-hydrogen) atoms. The number of nitrogen functional groups attached to an aromatic ring is 1. The first-order chi connectivity index (χ1) is 26.8. The molecular formula is C41H38Br2N4O6S4. The number of rotatable bonds is 5. The van der Waals surface area contributed by atoms with Gasteiger partial charge in [-0.05, 0) is 126 Å². The minimum atomic E-state index is -3.77. The van der Waals surface area contributed by atoms with Gasteiger partial charge in [-0.25, -0.2) is 21.6 Å². The Hall–Kier alpha value is -4.19. The van der Waals surface area contributed by atoms with Gasteiger partial charge in [0, 0.05) is 16.8 Å². The molecule has 1 amide bonds. The van der Waals surface area contributed by atoms with Crippen molar-refractivity contribution in [2.24, 2.45) is 0 Å². The molecule has 0 atom stereocenters. The van der Waals surface area contributed by atoms with Crippen molar-refractivity contribution < 1.29 is 26.4 Å². The largest absolute Gasteiger partial charge is 0.444 e. The Bertz CT molecular complexity index is 2740. The minimum Gasteiger partial charge on any atom is -0.444 e. The molecule has 4 aromatic carbocycles. The molecule has 0 fully saturated rings. The van der Waals surface area contributed by atoms with Gasteiger partial charge in [0.2, 0.25) is 0 Å².